The Morgan fingerprint density at radius 3 is 2.24 bits per heavy atom. The van der Waals surface area contributed by atoms with Crippen molar-refractivity contribution in [3.63, 3.8) is 0 Å². The highest BCUT2D eigenvalue weighted by atomic mass is 32.2. The number of aliphatic carboxylic acids is 2. The summed E-state index contributed by atoms with van der Waals surface area (Å²) in [6.07, 6.45) is 12.2. The molecule has 29 heavy (non-hydrogen) atoms. The third-order valence-corrected chi connectivity index (χ3v) is 5.40. The largest absolute Gasteiger partial charge is 0.481 e. The third-order valence-electron chi connectivity index (χ3n) is 4.22. The lowest BCUT2D eigenvalue weighted by molar-refractivity contribution is -0.141. The van der Waals surface area contributed by atoms with Crippen LogP contribution in [0.2, 0.25) is 0 Å². The van der Waals surface area contributed by atoms with E-state index in [0.717, 1.165) is 25.7 Å². The van der Waals surface area contributed by atoms with E-state index in [1.54, 1.807) is 0 Å². The van der Waals surface area contributed by atoms with Crippen molar-refractivity contribution < 1.29 is 24.6 Å². The molecule has 6 nitrogen and oxygen atoms in total. The summed E-state index contributed by atoms with van der Waals surface area (Å²) >= 11 is 1.45. The second-order valence-electron chi connectivity index (χ2n) is 7.10. The summed E-state index contributed by atoms with van der Waals surface area (Å²) in [6, 6.07) is -1.03. The third kappa shape index (κ3) is 15.6. The first-order valence-electron chi connectivity index (χ1n) is 9.95. The van der Waals surface area contributed by atoms with Gasteiger partial charge in [-0.05, 0) is 53.4 Å². The highest BCUT2D eigenvalue weighted by molar-refractivity contribution is 8.00. The number of carboxylic acid groups (broad SMARTS) is 2. The van der Waals surface area contributed by atoms with Crippen LogP contribution >= 0.6 is 11.8 Å². The predicted molar refractivity (Wildman–Crippen MR) is 119 cm³/mol. The van der Waals surface area contributed by atoms with Gasteiger partial charge in [0.2, 0.25) is 5.91 Å². The Labute approximate surface area is 178 Å². The number of carbonyl (C=O) groups excluding carboxylic acids is 1. The molecule has 0 aliphatic heterocycles. The SMILES string of the molecule is CC=CCC/C(C)=C/CC/C(C)=C/C(C)SC[C@H](NC(=O)CCC(=O)O)C(=O)O. The zero-order chi connectivity index (χ0) is 22.2. The fraction of sp³-hybridized carbons (Fsp3) is 0.591. The molecule has 0 aliphatic carbocycles. The molecule has 0 aliphatic rings. The van der Waals surface area contributed by atoms with E-state index in [2.05, 4.69) is 43.5 Å². The van der Waals surface area contributed by atoms with Crippen LogP contribution in [-0.4, -0.2) is 45.1 Å². The van der Waals surface area contributed by atoms with Gasteiger partial charge in [-0.25, -0.2) is 4.79 Å². The van der Waals surface area contributed by atoms with E-state index >= 15 is 0 Å². The molecular formula is C22H35NO5S. The Morgan fingerprint density at radius 1 is 1.00 bits per heavy atom. The van der Waals surface area contributed by atoms with E-state index < -0.39 is 23.9 Å². The lowest BCUT2D eigenvalue weighted by atomic mass is 10.1. The summed E-state index contributed by atoms with van der Waals surface area (Å²) in [6.45, 7) is 8.25. The maximum absolute atomic E-state index is 11.7. The molecular weight excluding hydrogens is 390 g/mol. The number of hydrogen-bond donors (Lipinski definition) is 3. The number of nitrogens with one attached hydrogen (secondary N) is 1. The second kappa shape index (κ2) is 15.9. The Balaban J connectivity index is 4.40. The topological polar surface area (TPSA) is 104 Å². The molecule has 0 fully saturated rings. The minimum absolute atomic E-state index is 0.118. The molecule has 0 aromatic rings. The summed E-state index contributed by atoms with van der Waals surface area (Å²) in [5.41, 5.74) is 2.64. The van der Waals surface area contributed by atoms with Crippen LogP contribution in [0.5, 0.6) is 0 Å². The van der Waals surface area contributed by atoms with E-state index in [9.17, 15) is 19.5 Å². The average Bonchev–Trinajstić information content (AvgIpc) is 2.63. The Morgan fingerprint density at radius 2 is 1.66 bits per heavy atom. The van der Waals surface area contributed by atoms with Gasteiger partial charge in [0.25, 0.3) is 0 Å². The monoisotopic (exact) mass is 425 g/mol. The van der Waals surface area contributed by atoms with E-state index in [0.29, 0.717) is 0 Å². The lowest BCUT2D eigenvalue weighted by Gasteiger charge is -2.16. The molecule has 1 unspecified atom stereocenters. The highest BCUT2D eigenvalue weighted by Crippen LogP contribution is 2.18. The summed E-state index contributed by atoms with van der Waals surface area (Å²) in [7, 11) is 0. The molecule has 1 amide bonds. The van der Waals surface area contributed by atoms with Crippen molar-refractivity contribution in [2.45, 2.75) is 77.5 Å². The molecule has 0 aromatic carbocycles. The van der Waals surface area contributed by atoms with E-state index in [-0.39, 0.29) is 23.8 Å². The highest BCUT2D eigenvalue weighted by Gasteiger charge is 2.21. The van der Waals surface area contributed by atoms with Gasteiger partial charge in [-0.3, -0.25) is 9.59 Å². The summed E-state index contributed by atoms with van der Waals surface area (Å²) < 4.78 is 0. The van der Waals surface area contributed by atoms with Gasteiger partial charge in [0.05, 0.1) is 6.42 Å². The number of rotatable bonds is 15. The number of allylic oxidation sites excluding steroid dienone is 5. The van der Waals surface area contributed by atoms with Gasteiger partial charge in [0.15, 0.2) is 0 Å². The van der Waals surface area contributed by atoms with Crippen LogP contribution in [-0.2, 0) is 14.4 Å². The van der Waals surface area contributed by atoms with E-state index in [1.165, 1.54) is 22.9 Å². The first-order valence-corrected chi connectivity index (χ1v) is 11.0. The summed E-state index contributed by atoms with van der Waals surface area (Å²) in [5, 5.41) is 20.4. The number of thioether (sulfide) groups is 1. The minimum atomic E-state index is -1.12. The van der Waals surface area contributed by atoms with Gasteiger partial charge < -0.3 is 15.5 Å². The van der Waals surface area contributed by atoms with Gasteiger partial charge in [0.1, 0.15) is 6.04 Å². The van der Waals surface area contributed by atoms with Crippen LogP contribution in [0, 0.1) is 0 Å². The molecule has 164 valence electrons. The molecule has 0 saturated carbocycles. The van der Waals surface area contributed by atoms with Crippen LogP contribution in [0.4, 0.5) is 0 Å². The Hall–Kier alpha value is -2.02. The van der Waals surface area contributed by atoms with Crippen molar-refractivity contribution in [1.29, 1.82) is 0 Å². The molecule has 2 atom stereocenters. The van der Waals surface area contributed by atoms with Gasteiger partial charge in [-0.15, -0.1) is 0 Å². The van der Waals surface area contributed by atoms with E-state index in [4.69, 9.17) is 5.11 Å². The maximum Gasteiger partial charge on any atom is 0.327 e. The fourth-order valence-corrected chi connectivity index (χ4v) is 3.62. The minimum Gasteiger partial charge on any atom is -0.481 e. The van der Waals surface area contributed by atoms with Crippen molar-refractivity contribution in [3.8, 4) is 0 Å². The maximum atomic E-state index is 11.7. The van der Waals surface area contributed by atoms with Crippen molar-refractivity contribution in [2.75, 3.05) is 5.75 Å². The molecule has 0 bridgehead atoms. The number of hydrogen-bond acceptors (Lipinski definition) is 4. The molecule has 0 rings (SSSR count). The number of amides is 1. The van der Waals surface area contributed by atoms with Crippen LogP contribution in [0.1, 0.15) is 66.2 Å². The van der Waals surface area contributed by atoms with E-state index in [1.807, 2.05) is 13.8 Å². The first-order chi connectivity index (χ1) is 13.6. The number of carboxylic acids is 2. The normalized spacial score (nSPS) is 14.6. The molecule has 0 spiro atoms. The molecule has 0 saturated heterocycles. The molecule has 0 radical (unpaired) electrons. The standard InChI is InChI=1S/C22H35NO5S/c1-5-6-7-9-16(2)10-8-11-17(3)14-18(4)29-15-19(22(27)28)23-20(24)12-13-21(25)26/h5-6,10,14,18-19H,7-9,11-13,15H2,1-4H3,(H,23,24)(H,25,26)(H,27,28)/b6-5?,16-10+,17-14+/t18?,19-/m0/s1. The molecule has 0 aromatic heterocycles. The molecule has 0 heterocycles. The summed E-state index contributed by atoms with van der Waals surface area (Å²) in [4.78, 5) is 33.5. The Kier molecular flexibility index (Phi) is 14.7. The zero-order valence-corrected chi connectivity index (χ0v) is 18.8. The smallest absolute Gasteiger partial charge is 0.327 e. The zero-order valence-electron chi connectivity index (χ0n) is 17.9. The number of carbonyl (C=O) groups is 3. The van der Waals surface area contributed by atoms with Crippen molar-refractivity contribution in [1.82, 2.24) is 5.32 Å². The van der Waals surface area contributed by atoms with Crippen molar-refractivity contribution >= 4 is 29.6 Å². The van der Waals surface area contributed by atoms with Gasteiger partial charge >= 0.3 is 11.9 Å². The van der Waals surface area contributed by atoms with Crippen LogP contribution < -0.4 is 5.32 Å². The quantitative estimate of drug-likeness (QED) is 0.332. The van der Waals surface area contributed by atoms with Crippen LogP contribution in [0.15, 0.2) is 35.5 Å². The second-order valence-corrected chi connectivity index (χ2v) is 8.51. The van der Waals surface area contributed by atoms with Gasteiger partial charge in [-0.2, -0.15) is 11.8 Å². The van der Waals surface area contributed by atoms with Crippen molar-refractivity contribution in [2.24, 2.45) is 0 Å². The summed E-state index contributed by atoms with van der Waals surface area (Å²) in [5.74, 6) is -2.54. The van der Waals surface area contributed by atoms with Crippen LogP contribution in [0.3, 0.4) is 0 Å². The molecule has 3 N–H and O–H groups in total. The Bertz CT molecular complexity index is 625. The predicted octanol–water partition coefficient (Wildman–Crippen LogP) is 4.57. The molecule has 7 heteroatoms. The lowest BCUT2D eigenvalue weighted by Crippen LogP contribution is -2.42. The first kappa shape index (κ1) is 27.0. The average molecular weight is 426 g/mol. The fourth-order valence-electron chi connectivity index (χ4n) is 2.57. The van der Waals surface area contributed by atoms with Crippen LogP contribution in [0.25, 0.3) is 0 Å². The van der Waals surface area contributed by atoms with Crippen molar-refractivity contribution in [3.05, 3.63) is 35.5 Å². The van der Waals surface area contributed by atoms with Gasteiger partial charge in [-0.1, -0.05) is 35.5 Å². The van der Waals surface area contributed by atoms with Gasteiger partial charge in [0, 0.05) is 17.4 Å².